The number of carbonyl (C=O) groups excluding carboxylic acids is 1. The molecule has 4 N–H and O–H groups in total. The number of carbonyl (C=O) groups is 1. The Morgan fingerprint density at radius 3 is 2.54 bits per heavy atom. The fraction of sp³-hybridized carbons (Fsp3) is 0. The highest BCUT2D eigenvalue weighted by atomic mass is 16.3. The van der Waals surface area contributed by atoms with Gasteiger partial charge in [-0.15, -0.1) is 0 Å². The molecule has 0 fully saturated rings. The molecular weight excluding hydrogens is 308 g/mol. The Balaban J connectivity index is 1.78. The third kappa shape index (κ3) is 2.98. The molecule has 0 heterocycles. The van der Waals surface area contributed by atoms with E-state index < -0.39 is 5.91 Å². The molecule has 0 spiro atoms. The summed E-state index contributed by atoms with van der Waals surface area (Å²) in [5.41, 5.74) is 2.92. The predicted octanol–water partition coefficient (Wildman–Crippen LogP) is 2.72. The van der Waals surface area contributed by atoms with Gasteiger partial charge in [-0.25, -0.2) is 5.43 Å². The Bertz CT molecular complexity index is 951. The van der Waals surface area contributed by atoms with Crippen LogP contribution in [0.2, 0.25) is 0 Å². The maximum absolute atomic E-state index is 12.1. The number of hydrazone groups is 1. The van der Waals surface area contributed by atoms with Crippen molar-refractivity contribution in [3.63, 3.8) is 0 Å². The minimum Gasteiger partial charge on any atom is -0.506 e. The van der Waals surface area contributed by atoms with Gasteiger partial charge >= 0.3 is 0 Å². The summed E-state index contributed by atoms with van der Waals surface area (Å²) < 4.78 is 0. The first-order chi connectivity index (χ1) is 11.6. The number of phenols is 3. The van der Waals surface area contributed by atoms with Gasteiger partial charge in [0.25, 0.3) is 5.91 Å². The van der Waals surface area contributed by atoms with E-state index in [0.29, 0.717) is 10.9 Å². The van der Waals surface area contributed by atoms with Gasteiger partial charge in [0.2, 0.25) is 0 Å². The number of hydrogen-bond acceptors (Lipinski definition) is 5. The molecule has 0 atom stereocenters. The van der Waals surface area contributed by atoms with Crippen molar-refractivity contribution in [2.75, 3.05) is 0 Å². The van der Waals surface area contributed by atoms with Crippen LogP contribution in [0.5, 0.6) is 17.2 Å². The van der Waals surface area contributed by atoms with Gasteiger partial charge in [-0.3, -0.25) is 4.79 Å². The molecule has 0 aliphatic heterocycles. The molecule has 0 saturated heterocycles. The maximum Gasteiger partial charge on any atom is 0.275 e. The smallest absolute Gasteiger partial charge is 0.275 e. The van der Waals surface area contributed by atoms with Gasteiger partial charge in [-0.05, 0) is 35.2 Å². The zero-order chi connectivity index (χ0) is 17.1. The lowest BCUT2D eigenvalue weighted by atomic mass is 10.1. The maximum atomic E-state index is 12.1. The van der Waals surface area contributed by atoms with Crippen molar-refractivity contribution in [3.05, 3.63) is 65.7 Å². The number of aromatic hydroxyl groups is 3. The molecule has 6 heteroatoms. The van der Waals surface area contributed by atoms with Crippen LogP contribution in [0, 0.1) is 0 Å². The van der Waals surface area contributed by atoms with Crippen LogP contribution in [-0.2, 0) is 0 Å². The van der Waals surface area contributed by atoms with Gasteiger partial charge in [-0.1, -0.05) is 30.3 Å². The lowest BCUT2D eigenvalue weighted by molar-refractivity contribution is 0.0952. The SMILES string of the molecule is O=C(NN=Cc1ccc(O)c(O)c1)c1ccc2ccccc2c1O. The van der Waals surface area contributed by atoms with Crippen LogP contribution in [0.4, 0.5) is 0 Å². The first kappa shape index (κ1) is 15.4. The second-order valence-electron chi connectivity index (χ2n) is 5.13. The van der Waals surface area contributed by atoms with E-state index in [4.69, 9.17) is 0 Å². The van der Waals surface area contributed by atoms with Crippen molar-refractivity contribution < 1.29 is 20.1 Å². The van der Waals surface area contributed by atoms with Crippen LogP contribution in [0.1, 0.15) is 15.9 Å². The van der Waals surface area contributed by atoms with Crippen LogP contribution < -0.4 is 5.43 Å². The van der Waals surface area contributed by atoms with Crippen molar-refractivity contribution in [2.45, 2.75) is 0 Å². The average Bonchev–Trinajstić information content (AvgIpc) is 2.58. The summed E-state index contributed by atoms with van der Waals surface area (Å²) >= 11 is 0. The van der Waals surface area contributed by atoms with E-state index in [9.17, 15) is 20.1 Å². The second kappa shape index (κ2) is 6.29. The van der Waals surface area contributed by atoms with Crippen molar-refractivity contribution in [3.8, 4) is 17.2 Å². The number of hydrogen-bond donors (Lipinski definition) is 4. The molecule has 1 amide bonds. The molecule has 24 heavy (non-hydrogen) atoms. The molecule has 3 aromatic rings. The molecule has 0 radical (unpaired) electrons. The largest absolute Gasteiger partial charge is 0.506 e. The minimum absolute atomic E-state index is 0.108. The summed E-state index contributed by atoms with van der Waals surface area (Å²) in [5.74, 6) is -1.18. The highest BCUT2D eigenvalue weighted by Gasteiger charge is 2.12. The Morgan fingerprint density at radius 2 is 1.75 bits per heavy atom. The predicted molar refractivity (Wildman–Crippen MR) is 90.4 cm³/mol. The Hall–Kier alpha value is -3.54. The van der Waals surface area contributed by atoms with Crippen LogP contribution in [0.15, 0.2) is 59.7 Å². The molecule has 120 valence electrons. The van der Waals surface area contributed by atoms with Gasteiger partial charge in [0.15, 0.2) is 11.5 Å². The Labute approximate surface area is 137 Å². The highest BCUT2D eigenvalue weighted by Crippen LogP contribution is 2.28. The van der Waals surface area contributed by atoms with E-state index in [2.05, 4.69) is 10.5 Å². The summed E-state index contributed by atoms with van der Waals surface area (Å²) in [6, 6.07) is 14.6. The van der Waals surface area contributed by atoms with Crippen molar-refractivity contribution >= 4 is 22.9 Å². The molecule has 3 rings (SSSR count). The first-order valence-electron chi connectivity index (χ1n) is 7.12. The van der Waals surface area contributed by atoms with Crippen molar-refractivity contribution in [1.29, 1.82) is 0 Å². The highest BCUT2D eigenvalue weighted by molar-refractivity contribution is 6.03. The zero-order valence-electron chi connectivity index (χ0n) is 12.5. The molecule has 0 bridgehead atoms. The molecular formula is C18H14N2O4. The topological polar surface area (TPSA) is 102 Å². The van der Waals surface area contributed by atoms with E-state index >= 15 is 0 Å². The summed E-state index contributed by atoms with van der Waals surface area (Å²) in [7, 11) is 0. The quantitative estimate of drug-likeness (QED) is 0.338. The Morgan fingerprint density at radius 1 is 0.958 bits per heavy atom. The summed E-state index contributed by atoms with van der Waals surface area (Å²) in [6.07, 6.45) is 1.31. The molecule has 6 nitrogen and oxygen atoms in total. The van der Waals surface area contributed by atoms with Crippen LogP contribution >= 0.6 is 0 Å². The average molecular weight is 322 g/mol. The fourth-order valence-electron chi connectivity index (χ4n) is 2.28. The number of phenolic OH excluding ortho intramolecular Hbond substituents is 3. The van der Waals surface area contributed by atoms with Crippen molar-refractivity contribution in [2.24, 2.45) is 5.10 Å². The normalized spacial score (nSPS) is 11.0. The number of fused-ring (bicyclic) bond motifs is 1. The van der Waals surface area contributed by atoms with E-state index in [1.165, 1.54) is 30.5 Å². The standard InChI is InChI=1S/C18H14N2O4/c21-15-8-5-11(9-16(15)22)10-19-20-18(24)14-7-6-12-3-1-2-4-13(12)17(14)23/h1-10,21-23H,(H,20,24). The fourth-order valence-corrected chi connectivity index (χ4v) is 2.28. The molecule has 0 unspecified atom stereocenters. The summed E-state index contributed by atoms with van der Waals surface area (Å²) in [4.78, 5) is 12.1. The van der Waals surface area contributed by atoms with Crippen LogP contribution in [0.3, 0.4) is 0 Å². The summed E-state index contributed by atoms with van der Waals surface area (Å²) in [5, 5.41) is 34.0. The molecule has 0 aromatic heterocycles. The van der Waals surface area contributed by atoms with E-state index in [1.807, 2.05) is 12.1 Å². The summed E-state index contributed by atoms with van der Waals surface area (Å²) in [6.45, 7) is 0. The lowest BCUT2D eigenvalue weighted by Gasteiger charge is -2.06. The van der Waals surface area contributed by atoms with Gasteiger partial charge < -0.3 is 15.3 Å². The first-order valence-corrected chi connectivity index (χ1v) is 7.12. The molecule has 0 aliphatic rings. The number of benzene rings is 3. The Kier molecular flexibility index (Phi) is 4.03. The van der Waals surface area contributed by atoms with Gasteiger partial charge in [-0.2, -0.15) is 5.10 Å². The number of nitrogens with zero attached hydrogens (tertiary/aromatic N) is 1. The zero-order valence-corrected chi connectivity index (χ0v) is 12.5. The van der Waals surface area contributed by atoms with E-state index in [1.54, 1.807) is 18.2 Å². The van der Waals surface area contributed by atoms with Gasteiger partial charge in [0.05, 0.1) is 11.8 Å². The lowest BCUT2D eigenvalue weighted by Crippen LogP contribution is -2.17. The molecule has 0 aliphatic carbocycles. The second-order valence-corrected chi connectivity index (χ2v) is 5.13. The van der Waals surface area contributed by atoms with E-state index in [0.717, 1.165) is 5.39 Å². The van der Waals surface area contributed by atoms with Gasteiger partial charge in [0.1, 0.15) is 5.75 Å². The molecule has 0 saturated carbocycles. The molecule has 3 aromatic carbocycles. The third-order valence-corrected chi connectivity index (χ3v) is 3.52. The van der Waals surface area contributed by atoms with Crippen LogP contribution in [-0.4, -0.2) is 27.4 Å². The van der Waals surface area contributed by atoms with Gasteiger partial charge in [0, 0.05) is 5.39 Å². The minimum atomic E-state index is -0.558. The number of nitrogens with one attached hydrogen (secondary N) is 1. The number of amides is 1. The van der Waals surface area contributed by atoms with Crippen LogP contribution in [0.25, 0.3) is 10.8 Å². The van der Waals surface area contributed by atoms with E-state index in [-0.39, 0.29) is 22.8 Å². The third-order valence-electron chi connectivity index (χ3n) is 3.52. The number of rotatable bonds is 3. The monoisotopic (exact) mass is 322 g/mol. The van der Waals surface area contributed by atoms with Crippen molar-refractivity contribution in [1.82, 2.24) is 5.43 Å².